The molecule has 2 aromatic carbocycles. The second kappa shape index (κ2) is 10.6. The van der Waals surface area contributed by atoms with Crippen molar-refractivity contribution in [3.8, 4) is 5.75 Å². The highest BCUT2D eigenvalue weighted by Crippen LogP contribution is 2.26. The fourth-order valence-corrected chi connectivity index (χ4v) is 3.33. The molecule has 1 amide bonds. The van der Waals surface area contributed by atoms with E-state index in [0.717, 1.165) is 12.0 Å². The van der Waals surface area contributed by atoms with E-state index in [9.17, 15) is 9.90 Å². The Kier molecular flexibility index (Phi) is 7.61. The Bertz CT molecular complexity index is 819. The first-order valence-corrected chi connectivity index (χ1v) is 9.86. The molecule has 0 unspecified atom stereocenters. The third kappa shape index (κ3) is 6.04. The number of para-hydroxylation sites is 1. The topological polar surface area (TPSA) is 59.0 Å². The molecule has 3 rings (SSSR count). The lowest BCUT2D eigenvalue weighted by Crippen LogP contribution is -2.44. The molecule has 0 saturated carbocycles. The molecule has 2 aromatic rings. The summed E-state index contributed by atoms with van der Waals surface area (Å²) >= 11 is 0. The van der Waals surface area contributed by atoms with Gasteiger partial charge in [0.25, 0.3) is 0 Å². The van der Waals surface area contributed by atoms with Crippen molar-refractivity contribution >= 4 is 6.09 Å². The number of amides is 1. The van der Waals surface area contributed by atoms with Crippen LogP contribution in [0.4, 0.5) is 4.79 Å². The highest BCUT2D eigenvalue weighted by atomic mass is 16.6. The van der Waals surface area contributed by atoms with Gasteiger partial charge in [-0.25, -0.2) is 4.79 Å². The first kappa shape index (κ1) is 20.8. The van der Waals surface area contributed by atoms with Crippen LogP contribution < -0.4 is 4.74 Å². The number of aliphatic hydroxyl groups is 1. The van der Waals surface area contributed by atoms with Crippen molar-refractivity contribution in [2.75, 3.05) is 6.61 Å². The summed E-state index contributed by atoms with van der Waals surface area (Å²) in [5, 5.41) is 10.3. The van der Waals surface area contributed by atoms with Crippen LogP contribution in [0.25, 0.3) is 0 Å². The van der Waals surface area contributed by atoms with Gasteiger partial charge in [0.15, 0.2) is 0 Å². The molecule has 1 N–H and O–H groups in total. The van der Waals surface area contributed by atoms with Gasteiger partial charge in [-0.1, -0.05) is 61.2 Å². The Morgan fingerprint density at radius 2 is 1.83 bits per heavy atom. The fraction of sp³-hybridized carbons (Fsp3) is 0.292. The van der Waals surface area contributed by atoms with E-state index < -0.39 is 12.2 Å². The summed E-state index contributed by atoms with van der Waals surface area (Å²) < 4.78 is 11.2. The summed E-state index contributed by atoms with van der Waals surface area (Å²) in [6, 6.07) is 18.8. The van der Waals surface area contributed by atoms with Gasteiger partial charge in [-0.2, -0.15) is 0 Å². The van der Waals surface area contributed by atoms with E-state index in [-0.39, 0.29) is 6.04 Å². The van der Waals surface area contributed by atoms with Crippen molar-refractivity contribution in [1.29, 1.82) is 0 Å². The van der Waals surface area contributed by atoms with Crippen LogP contribution in [0.15, 0.2) is 85.1 Å². The zero-order chi connectivity index (χ0) is 20.5. The van der Waals surface area contributed by atoms with E-state index in [0.29, 0.717) is 37.4 Å². The smallest absolute Gasteiger partial charge is 0.410 e. The molecule has 0 radical (unpaired) electrons. The van der Waals surface area contributed by atoms with Crippen molar-refractivity contribution in [2.45, 2.75) is 38.0 Å². The first-order valence-electron chi connectivity index (χ1n) is 9.86. The molecule has 0 aromatic heterocycles. The van der Waals surface area contributed by atoms with Gasteiger partial charge in [0, 0.05) is 18.8 Å². The van der Waals surface area contributed by atoms with Crippen molar-refractivity contribution in [3.05, 3.63) is 90.7 Å². The van der Waals surface area contributed by atoms with Gasteiger partial charge < -0.3 is 14.6 Å². The number of ether oxygens (including phenoxy) is 2. The maximum atomic E-state index is 12.7. The van der Waals surface area contributed by atoms with Gasteiger partial charge in [-0.3, -0.25) is 4.90 Å². The Morgan fingerprint density at radius 3 is 2.52 bits per heavy atom. The Balaban J connectivity index is 1.56. The summed E-state index contributed by atoms with van der Waals surface area (Å²) in [5.74, 6) is 0.488. The van der Waals surface area contributed by atoms with Crippen LogP contribution in [-0.2, 0) is 11.3 Å². The molecule has 0 spiro atoms. The molecule has 0 fully saturated rings. The van der Waals surface area contributed by atoms with E-state index in [1.807, 2.05) is 48.5 Å². The van der Waals surface area contributed by atoms with Gasteiger partial charge in [0.2, 0.25) is 0 Å². The zero-order valence-electron chi connectivity index (χ0n) is 16.4. The number of carbonyl (C=O) groups excluding carboxylic acids is 1. The highest BCUT2D eigenvalue weighted by molar-refractivity contribution is 5.72. The van der Waals surface area contributed by atoms with Gasteiger partial charge in [-0.05, 0) is 42.5 Å². The summed E-state index contributed by atoms with van der Waals surface area (Å²) in [5.41, 5.74) is 1.75. The Labute approximate surface area is 171 Å². The number of nitrogens with zero attached hydrogens (tertiary/aromatic N) is 1. The van der Waals surface area contributed by atoms with E-state index >= 15 is 0 Å². The monoisotopic (exact) mass is 393 g/mol. The zero-order valence-corrected chi connectivity index (χ0v) is 16.4. The Hall–Kier alpha value is -2.89. The molecule has 5 nitrogen and oxygen atoms in total. The van der Waals surface area contributed by atoms with Crippen LogP contribution in [0.3, 0.4) is 0 Å². The molecular weight excluding hydrogens is 366 g/mol. The van der Waals surface area contributed by atoms with Crippen molar-refractivity contribution in [2.24, 2.45) is 0 Å². The minimum Gasteiger partial charge on any atom is -0.410 e. The second-order valence-electron chi connectivity index (χ2n) is 7.01. The number of hydrogen-bond donors (Lipinski definition) is 1. The molecule has 152 valence electrons. The third-order valence-corrected chi connectivity index (χ3v) is 4.89. The maximum Gasteiger partial charge on any atom is 0.419 e. The minimum atomic E-state index is -0.636. The molecule has 1 heterocycles. The van der Waals surface area contributed by atoms with E-state index in [4.69, 9.17) is 9.47 Å². The van der Waals surface area contributed by atoms with Crippen molar-refractivity contribution < 1.29 is 19.4 Å². The lowest BCUT2D eigenvalue weighted by molar-refractivity contribution is 0.0904. The average Bonchev–Trinajstić information content (AvgIpc) is 2.75. The quantitative estimate of drug-likeness (QED) is 0.661. The lowest BCUT2D eigenvalue weighted by Gasteiger charge is -2.35. The number of benzene rings is 2. The van der Waals surface area contributed by atoms with Gasteiger partial charge in [0.1, 0.15) is 5.75 Å². The largest absolute Gasteiger partial charge is 0.419 e. The number of rotatable bonds is 8. The van der Waals surface area contributed by atoms with Gasteiger partial charge in [-0.15, -0.1) is 0 Å². The summed E-state index contributed by atoms with van der Waals surface area (Å²) in [7, 11) is 0. The summed E-state index contributed by atoms with van der Waals surface area (Å²) in [4.78, 5) is 14.3. The lowest BCUT2D eigenvalue weighted by atomic mass is 9.94. The summed E-state index contributed by atoms with van der Waals surface area (Å²) in [6.07, 6.45) is 4.05. The Morgan fingerprint density at radius 1 is 1.14 bits per heavy atom. The molecule has 1 aliphatic heterocycles. The van der Waals surface area contributed by atoms with E-state index in [2.05, 4.69) is 6.58 Å². The average molecular weight is 393 g/mol. The van der Waals surface area contributed by atoms with E-state index in [1.165, 1.54) is 0 Å². The van der Waals surface area contributed by atoms with Gasteiger partial charge >= 0.3 is 6.09 Å². The predicted octanol–water partition coefficient (Wildman–Crippen LogP) is 4.69. The third-order valence-electron chi connectivity index (χ3n) is 4.89. The van der Waals surface area contributed by atoms with Crippen LogP contribution in [0.2, 0.25) is 0 Å². The molecule has 0 aliphatic carbocycles. The molecule has 0 bridgehead atoms. The van der Waals surface area contributed by atoms with Crippen LogP contribution in [-0.4, -0.2) is 34.9 Å². The molecule has 29 heavy (non-hydrogen) atoms. The SMILES string of the molecule is C=CC1=CN(C(=O)Oc2ccccc2)[C@H](CCCOCc2ccccc2)C[C@@H]1O. The van der Waals surface area contributed by atoms with Crippen molar-refractivity contribution in [1.82, 2.24) is 4.90 Å². The molecule has 0 saturated heterocycles. The van der Waals surface area contributed by atoms with Crippen LogP contribution >= 0.6 is 0 Å². The van der Waals surface area contributed by atoms with Crippen LogP contribution in [0.5, 0.6) is 5.75 Å². The van der Waals surface area contributed by atoms with Crippen LogP contribution in [0.1, 0.15) is 24.8 Å². The van der Waals surface area contributed by atoms with Crippen molar-refractivity contribution in [3.63, 3.8) is 0 Å². The molecule has 2 atom stereocenters. The normalized spacial score (nSPS) is 18.8. The standard InChI is InChI=1S/C24H27NO4/c1-2-20-17-25(24(27)29-22-13-7-4-8-14-22)21(16-23(20)26)12-9-15-28-18-19-10-5-3-6-11-19/h2-8,10-11,13-14,17,21,23,26H,1,9,12,15-16,18H2/t21-,23+/m1/s1. The summed E-state index contributed by atoms with van der Waals surface area (Å²) in [6.45, 7) is 4.87. The van der Waals surface area contributed by atoms with Crippen LogP contribution in [0, 0.1) is 0 Å². The second-order valence-corrected chi connectivity index (χ2v) is 7.01. The minimum absolute atomic E-state index is 0.162. The van der Waals surface area contributed by atoms with E-state index in [1.54, 1.807) is 29.3 Å². The number of aliphatic hydroxyl groups excluding tert-OH is 1. The fourth-order valence-electron chi connectivity index (χ4n) is 3.33. The molecular formula is C24H27NO4. The molecule has 5 heteroatoms. The predicted molar refractivity (Wildman–Crippen MR) is 112 cm³/mol. The van der Waals surface area contributed by atoms with Gasteiger partial charge in [0.05, 0.1) is 12.7 Å². The number of hydrogen-bond acceptors (Lipinski definition) is 4. The number of carbonyl (C=O) groups is 1. The molecule has 1 aliphatic rings. The first-order chi connectivity index (χ1) is 14.2. The highest BCUT2D eigenvalue weighted by Gasteiger charge is 2.31. The maximum absolute atomic E-state index is 12.7.